The molecule has 0 bridgehead atoms. The molecule has 0 aromatic heterocycles. The van der Waals surface area contributed by atoms with Crippen LogP contribution in [0.25, 0.3) is 0 Å². The van der Waals surface area contributed by atoms with E-state index in [0.29, 0.717) is 23.4 Å². The quantitative estimate of drug-likeness (QED) is 0.833. The van der Waals surface area contributed by atoms with Crippen LogP contribution in [0.3, 0.4) is 0 Å². The molecule has 0 spiro atoms. The number of carbonyl (C=O) groups is 1. The fraction of sp³-hybridized carbons (Fsp3) is 0.500. The lowest BCUT2D eigenvalue weighted by Crippen LogP contribution is -2.38. The summed E-state index contributed by atoms with van der Waals surface area (Å²) in [6.07, 6.45) is 5.04. The summed E-state index contributed by atoms with van der Waals surface area (Å²) in [6, 6.07) is 5.94. The third-order valence-electron chi connectivity index (χ3n) is 4.35. The first kappa shape index (κ1) is 14.2. The average molecular weight is 283 g/mol. The Kier molecular flexibility index (Phi) is 3.98. The number of benzene rings is 1. The molecule has 1 aromatic rings. The summed E-state index contributed by atoms with van der Waals surface area (Å²) in [6.45, 7) is 1.80. The molecular formula is C18H21NO2. The van der Waals surface area contributed by atoms with E-state index >= 15 is 0 Å². The third-order valence-corrected chi connectivity index (χ3v) is 4.35. The van der Waals surface area contributed by atoms with Gasteiger partial charge in [-0.2, -0.15) is 0 Å². The van der Waals surface area contributed by atoms with Gasteiger partial charge in [-0.25, -0.2) is 0 Å². The van der Waals surface area contributed by atoms with E-state index < -0.39 is 0 Å². The molecule has 3 heteroatoms. The lowest BCUT2D eigenvalue weighted by atomic mass is 10.0. The molecule has 0 saturated heterocycles. The Hall–Kier alpha value is -1.79. The maximum atomic E-state index is 12.4. The van der Waals surface area contributed by atoms with Crippen LogP contribution < -0.4 is 5.32 Å². The van der Waals surface area contributed by atoms with E-state index in [1.165, 1.54) is 25.7 Å². The zero-order valence-corrected chi connectivity index (χ0v) is 12.4. The number of carbonyl (C=O) groups excluding carboxylic acids is 1. The number of aliphatic hydroxyl groups excluding tert-OH is 1. The van der Waals surface area contributed by atoms with E-state index in [0.717, 1.165) is 11.1 Å². The van der Waals surface area contributed by atoms with Gasteiger partial charge in [0.1, 0.15) is 6.61 Å². The third kappa shape index (κ3) is 3.46. The first-order valence-corrected chi connectivity index (χ1v) is 7.70. The van der Waals surface area contributed by atoms with Crippen LogP contribution in [0.15, 0.2) is 18.2 Å². The number of aliphatic hydroxyl groups is 1. The zero-order chi connectivity index (χ0) is 14.8. The van der Waals surface area contributed by atoms with E-state index in [4.69, 9.17) is 5.11 Å². The molecule has 1 aromatic carbocycles. The Bertz CT molecular complexity index is 591. The Morgan fingerprint density at radius 1 is 1.33 bits per heavy atom. The standard InChI is InChI=1S/C18H21NO2/c1-12-11-16(9-4-13(12)3-2-10-20)18(21)19-17(14-5-6-14)15-7-8-15/h4,9,11,14-15,17,20H,5-8,10H2,1H3,(H,19,21). The molecule has 2 aliphatic carbocycles. The van der Waals surface area contributed by atoms with E-state index in [2.05, 4.69) is 17.2 Å². The Morgan fingerprint density at radius 2 is 2.00 bits per heavy atom. The number of nitrogens with one attached hydrogen (secondary N) is 1. The highest BCUT2D eigenvalue weighted by molar-refractivity contribution is 5.94. The fourth-order valence-corrected chi connectivity index (χ4v) is 2.85. The van der Waals surface area contributed by atoms with Gasteiger partial charge < -0.3 is 10.4 Å². The van der Waals surface area contributed by atoms with Gasteiger partial charge in [0.15, 0.2) is 0 Å². The van der Waals surface area contributed by atoms with Crippen LogP contribution in [-0.2, 0) is 0 Å². The van der Waals surface area contributed by atoms with Gasteiger partial charge in [0.2, 0.25) is 0 Å². The van der Waals surface area contributed by atoms with Crippen molar-refractivity contribution in [3.63, 3.8) is 0 Å². The monoisotopic (exact) mass is 283 g/mol. The van der Waals surface area contributed by atoms with Crippen molar-refractivity contribution in [2.24, 2.45) is 11.8 Å². The number of hydrogen-bond donors (Lipinski definition) is 2. The van der Waals surface area contributed by atoms with Crippen LogP contribution in [0.1, 0.15) is 47.2 Å². The fourth-order valence-electron chi connectivity index (χ4n) is 2.85. The van der Waals surface area contributed by atoms with Gasteiger partial charge in [-0.3, -0.25) is 4.79 Å². The molecule has 0 unspecified atom stereocenters. The van der Waals surface area contributed by atoms with Crippen molar-refractivity contribution in [3.8, 4) is 11.8 Å². The molecule has 3 rings (SSSR count). The van der Waals surface area contributed by atoms with Crippen molar-refractivity contribution in [2.75, 3.05) is 6.61 Å². The van der Waals surface area contributed by atoms with Gasteiger partial charge in [0.25, 0.3) is 5.91 Å². The van der Waals surface area contributed by atoms with Crippen LogP contribution in [0.4, 0.5) is 0 Å². The Labute approximate surface area is 125 Å². The van der Waals surface area contributed by atoms with Gasteiger partial charge in [-0.15, -0.1) is 0 Å². The Morgan fingerprint density at radius 3 is 2.52 bits per heavy atom. The second-order valence-electron chi connectivity index (χ2n) is 6.16. The highest BCUT2D eigenvalue weighted by Crippen LogP contribution is 2.44. The highest BCUT2D eigenvalue weighted by Gasteiger charge is 2.42. The minimum atomic E-state index is -0.147. The van der Waals surface area contributed by atoms with Gasteiger partial charge in [0.05, 0.1) is 0 Å². The molecule has 0 radical (unpaired) electrons. The SMILES string of the molecule is Cc1cc(C(=O)NC(C2CC2)C2CC2)ccc1C#CCO. The Balaban J connectivity index is 1.70. The molecule has 110 valence electrons. The summed E-state index contributed by atoms with van der Waals surface area (Å²) in [4.78, 5) is 12.4. The molecule has 2 aliphatic rings. The van der Waals surface area contributed by atoms with Crippen molar-refractivity contribution < 1.29 is 9.90 Å². The van der Waals surface area contributed by atoms with Crippen LogP contribution in [0.2, 0.25) is 0 Å². The molecule has 3 nitrogen and oxygen atoms in total. The molecule has 1 amide bonds. The summed E-state index contributed by atoms with van der Waals surface area (Å²) in [7, 11) is 0. The van der Waals surface area contributed by atoms with Crippen LogP contribution in [0.5, 0.6) is 0 Å². The highest BCUT2D eigenvalue weighted by atomic mass is 16.2. The normalized spacial score (nSPS) is 17.3. The molecule has 2 N–H and O–H groups in total. The van der Waals surface area contributed by atoms with Gasteiger partial charge >= 0.3 is 0 Å². The first-order valence-electron chi connectivity index (χ1n) is 7.70. The van der Waals surface area contributed by atoms with Crippen molar-refractivity contribution in [2.45, 2.75) is 38.6 Å². The molecule has 2 saturated carbocycles. The summed E-state index contributed by atoms with van der Waals surface area (Å²) in [5.41, 5.74) is 2.54. The first-order chi connectivity index (χ1) is 10.2. The summed E-state index contributed by atoms with van der Waals surface area (Å²) in [5.74, 6) is 6.97. The lowest BCUT2D eigenvalue weighted by Gasteiger charge is -2.18. The number of rotatable bonds is 4. The van der Waals surface area contributed by atoms with Crippen molar-refractivity contribution in [1.82, 2.24) is 5.32 Å². The number of amides is 1. The topological polar surface area (TPSA) is 49.3 Å². The second-order valence-corrected chi connectivity index (χ2v) is 6.16. The minimum absolute atomic E-state index is 0.0311. The molecule has 2 fully saturated rings. The lowest BCUT2D eigenvalue weighted by molar-refractivity contribution is 0.0926. The molecule has 0 heterocycles. The molecule has 0 aliphatic heterocycles. The van der Waals surface area contributed by atoms with Crippen molar-refractivity contribution >= 4 is 5.91 Å². The second kappa shape index (κ2) is 5.91. The largest absolute Gasteiger partial charge is 0.384 e. The predicted octanol–water partition coefficient (Wildman–Crippen LogP) is 2.26. The van der Waals surface area contributed by atoms with Crippen LogP contribution in [-0.4, -0.2) is 23.7 Å². The average Bonchev–Trinajstić information content (AvgIpc) is 3.36. The van der Waals surface area contributed by atoms with Crippen LogP contribution in [0, 0.1) is 30.6 Å². The molecule has 21 heavy (non-hydrogen) atoms. The van der Waals surface area contributed by atoms with Crippen molar-refractivity contribution in [3.05, 3.63) is 34.9 Å². The van der Waals surface area contributed by atoms with Crippen molar-refractivity contribution in [1.29, 1.82) is 0 Å². The maximum absolute atomic E-state index is 12.4. The number of aryl methyl sites for hydroxylation is 1. The van der Waals surface area contributed by atoms with E-state index in [1.54, 1.807) is 0 Å². The van der Waals surface area contributed by atoms with Gasteiger partial charge in [-0.1, -0.05) is 11.8 Å². The van der Waals surface area contributed by atoms with Gasteiger partial charge in [0, 0.05) is 17.2 Å². The molecule has 0 atom stereocenters. The zero-order valence-electron chi connectivity index (χ0n) is 12.4. The van der Waals surface area contributed by atoms with Crippen LogP contribution >= 0.6 is 0 Å². The summed E-state index contributed by atoms with van der Waals surface area (Å²) < 4.78 is 0. The maximum Gasteiger partial charge on any atom is 0.251 e. The van der Waals surface area contributed by atoms with E-state index in [9.17, 15) is 4.79 Å². The predicted molar refractivity (Wildman–Crippen MR) is 81.8 cm³/mol. The van der Waals surface area contributed by atoms with E-state index in [1.807, 2.05) is 25.1 Å². The van der Waals surface area contributed by atoms with Gasteiger partial charge in [-0.05, 0) is 68.2 Å². The summed E-state index contributed by atoms with van der Waals surface area (Å²) >= 11 is 0. The smallest absolute Gasteiger partial charge is 0.251 e. The summed E-state index contributed by atoms with van der Waals surface area (Å²) in [5, 5.41) is 12.0. The van der Waals surface area contributed by atoms with E-state index in [-0.39, 0.29) is 12.5 Å². The number of hydrogen-bond acceptors (Lipinski definition) is 2. The minimum Gasteiger partial charge on any atom is -0.384 e. The molecular weight excluding hydrogens is 262 g/mol.